The monoisotopic (exact) mass is 709 g/mol. The first-order chi connectivity index (χ1) is 24.3. The van der Waals surface area contributed by atoms with E-state index in [4.69, 9.17) is 9.47 Å². The van der Waals surface area contributed by atoms with Gasteiger partial charge in [-0.05, 0) is 65.7 Å². The van der Waals surface area contributed by atoms with E-state index in [2.05, 4.69) is 43.2 Å². The summed E-state index contributed by atoms with van der Waals surface area (Å²) >= 11 is 0. The zero-order valence-corrected chi connectivity index (χ0v) is 31.9. The third kappa shape index (κ3) is 18.5. The van der Waals surface area contributed by atoms with Gasteiger partial charge in [-0.3, -0.25) is 9.48 Å². The highest BCUT2D eigenvalue weighted by atomic mass is 16.5. The van der Waals surface area contributed by atoms with E-state index in [1.165, 1.54) is 18.9 Å². The summed E-state index contributed by atoms with van der Waals surface area (Å²) in [5.74, 6) is -0.522. The molecule has 3 N–H and O–H groups in total. The van der Waals surface area contributed by atoms with Gasteiger partial charge in [-0.15, -0.1) is 5.10 Å². The molecule has 0 radical (unpaired) electrons. The Kier molecular flexibility index (Phi) is 20.3. The first-order valence-electron chi connectivity index (χ1n) is 18.6. The Labute approximate surface area is 305 Å². The minimum atomic E-state index is -1.06. The lowest BCUT2D eigenvalue weighted by molar-refractivity contribution is -0.152. The number of unbranched alkanes of at least 4 members (excludes halogenated alkanes) is 2. The van der Waals surface area contributed by atoms with Crippen LogP contribution in [0.1, 0.15) is 112 Å². The van der Waals surface area contributed by atoms with Gasteiger partial charge in [-0.1, -0.05) is 104 Å². The largest absolute Gasteiger partial charge is 0.462 e. The maximum absolute atomic E-state index is 12.8. The summed E-state index contributed by atoms with van der Waals surface area (Å²) in [7, 11) is 0. The van der Waals surface area contributed by atoms with E-state index in [1.807, 2.05) is 56.0 Å². The minimum Gasteiger partial charge on any atom is -0.462 e. The second-order valence-corrected chi connectivity index (χ2v) is 14.2. The van der Waals surface area contributed by atoms with Crippen LogP contribution in [-0.4, -0.2) is 72.8 Å². The molecule has 0 aliphatic carbocycles. The molecule has 10 nitrogen and oxygen atoms in total. The van der Waals surface area contributed by atoms with Crippen LogP contribution >= 0.6 is 0 Å². The van der Waals surface area contributed by atoms with Gasteiger partial charge < -0.3 is 24.8 Å². The summed E-state index contributed by atoms with van der Waals surface area (Å²) in [6.45, 7) is 14.2. The molecule has 0 spiro atoms. The molecular formula is C41H63N3O7. The van der Waals surface area contributed by atoms with Crippen molar-refractivity contribution in [2.24, 2.45) is 11.8 Å². The maximum Gasteiger partial charge on any atom is 0.331 e. The smallest absolute Gasteiger partial charge is 0.331 e. The van der Waals surface area contributed by atoms with Gasteiger partial charge in [0.2, 0.25) is 0 Å². The van der Waals surface area contributed by atoms with Crippen molar-refractivity contribution >= 4 is 11.9 Å². The second kappa shape index (κ2) is 23.8. The van der Waals surface area contributed by atoms with Gasteiger partial charge in [0.05, 0.1) is 24.0 Å². The number of cyclic esters (lactones) is 1. The minimum absolute atomic E-state index is 0.0624. The molecule has 1 aliphatic heterocycles. The average Bonchev–Trinajstić information content (AvgIpc) is 3.50. The van der Waals surface area contributed by atoms with Gasteiger partial charge in [0, 0.05) is 44.0 Å². The molecule has 1 aliphatic rings. The summed E-state index contributed by atoms with van der Waals surface area (Å²) in [6, 6.07) is 0. The zero-order valence-electron chi connectivity index (χ0n) is 31.9. The van der Waals surface area contributed by atoms with E-state index in [1.54, 1.807) is 19.1 Å². The predicted octanol–water partition coefficient (Wildman–Crippen LogP) is 7.07. The number of aliphatic hydroxyl groups excluding tert-OH is 3. The molecule has 0 saturated carbocycles. The Morgan fingerprint density at radius 2 is 1.80 bits per heavy atom. The number of hydrogen-bond acceptors (Lipinski definition) is 9. The highest BCUT2D eigenvalue weighted by Gasteiger charge is 2.25. The summed E-state index contributed by atoms with van der Waals surface area (Å²) in [5.41, 5.74) is 3.60. The van der Waals surface area contributed by atoms with Crippen LogP contribution in [0.15, 0.2) is 77.6 Å². The molecule has 0 fully saturated rings. The number of allylic oxidation sites excluding steroid dienone is 9. The van der Waals surface area contributed by atoms with Gasteiger partial charge in [0.1, 0.15) is 12.2 Å². The van der Waals surface area contributed by atoms with Gasteiger partial charge in [-0.2, -0.15) is 0 Å². The number of carbonyl (C=O) groups is 2. The Hall–Kier alpha value is -3.60. The van der Waals surface area contributed by atoms with E-state index in [-0.39, 0.29) is 42.9 Å². The highest BCUT2D eigenvalue weighted by Crippen LogP contribution is 2.23. The third-order valence-corrected chi connectivity index (χ3v) is 8.90. The number of hydrogen-bond donors (Lipinski definition) is 3. The second-order valence-electron chi connectivity index (χ2n) is 14.2. The van der Waals surface area contributed by atoms with Gasteiger partial charge in [0.25, 0.3) is 0 Å². The molecule has 51 heavy (non-hydrogen) atoms. The van der Waals surface area contributed by atoms with Crippen molar-refractivity contribution in [3.05, 3.63) is 83.3 Å². The Bertz CT molecular complexity index is 1390. The fraction of sp³-hybridized carbons (Fsp3) is 0.610. The molecule has 7 atom stereocenters. The van der Waals surface area contributed by atoms with Crippen LogP contribution in [0.25, 0.3) is 0 Å². The molecule has 0 amide bonds. The van der Waals surface area contributed by atoms with Gasteiger partial charge >= 0.3 is 11.9 Å². The first kappa shape index (κ1) is 43.6. The molecular weight excluding hydrogens is 646 g/mol. The maximum atomic E-state index is 12.8. The molecule has 0 bridgehead atoms. The predicted molar refractivity (Wildman–Crippen MR) is 201 cm³/mol. The Morgan fingerprint density at radius 3 is 2.53 bits per heavy atom. The SMILES string of the molecule is CCCCCc1cn(C[C@H](C)[C@H]2C/C=C/C[C@H](C)[C@@H](OC(=O)/C=C/C(C)=CC(C)=C/C=C/C(C)=C/[C@H](O)[C@@H](O)C[C@H](C)O)CCCC(=O)O2)nn1. The summed E-state index contributed by atoms with van der Waals surface area (Å²) in [4.78, 5) is 25.7. The van der Waals surface area contributed by atoms with Gasteiger partial charge in [0.15, 0.2) is 0 Å². The Morgan fingerprint density at radius 1 is 1.06 bits per heavy atom. The molecule has 284 valence electrons. The fourth-order valence-corrected chi connectivity index (χ4v) is 5.86. The average molecular weight is 710 g/mol. The van der Waals surface area contributed by atoms with Crippen LogP contribution < -0.4 is 0 Å². The molecule has 0 unspecified atom stereocenters. The summed E-state index contributed by atoms with van der Waals surface area (Å²) < 4.78 is 13.7. The molecule has 10 heteroatoms. The lowest BCUT2D eigenvalue weighted by Crippen LogP contribution is -2.29. The van der Waals surface area contributed by atoms with Crippen molar-refractivity contribution in [2.75, 3.05) is 0 Å². The fourth-order valence-electron chi connectivity index (χ4n) is 5.86. The molecule has 1 aromatic rings. The number of aryl methyl sites for hydroxylation is 1. The number of aliphatic hydroxyl groups is 3. The Balaban J connectivity index is 1.92. The van der Waals surface area contributed by atoms with Crippen LogP contribution in [0.3, 0.4) is 0 Å². The van der Waals surface area contributed by atoms with Crippen molar-refractivity contribution in [3.63, 3.8) is 0 Å². The quantitative estimate of drug-likeness (QED) is 0.0509. The topological polar surface area (TPSA) is 144 Å². The number of esters is 2. The molecule has 0 aromatic carbocycles. The number of carbonyl (C=O) groups excluding carboxylic acids is 2. The van der Waals surface area contributed by atoms with E-state index >= 15 is 0 Å². The number of rotatable bonds is 17. The molecule has 2 heterocycles. The van der Waals surface area contributed by atoms with Crippen molar-refractivity contribution < 1.29 is 34.4 Å². The highest BCUT2D eigenvalue weighted by molar-refractivity contribution is 5.82. The standard InChI is InChI=1S/C41H63N3O7/c1-8-9-10-18-35-28-44(43-42-35)27-33(6)39-19-12-11-17-32(5)38(20-14-21-40(48)51-39)50-41(49)23-22-31(4)24-29(2)15-13-16-30(3)25-36(46)37(47)26-34(7)45/h11-13,15-16,22-25,28,32-34,36-39,45-47H,8-10,14,17-21,26-27H2,1-7H3/b12-11+,16-13+,23-22+,29-15?,30-25+,31-24?/t32-,33-,34-,36-,37-,38-,39+/m0/s1. The molecule has 0 saturated heterocycles. The lowest BCUT2D eigenvalue weighted by atomic mass is 9.94. The van der Waals surface area contributed by atoms with Crippen LogP contribution in [0, 0.1) is 11.8 Å². The van der Waals surface area contributed by atoms with Crippen molar-refractivity contribution in [1.29, 1.82) is 0 Å². The van der Waals surface area contributed by atoms with Crippen molar-refractivity contribution in [2.45, 2.75) is 150 Å². The number of nitrogens with zero attached hydrogens (tertiary/aromatic N) is 3. The van der Waals surface area contributed by atoms with E-state index in [0.29, 0.717) is 25.8 Å². The van der Waals surface area contributed by atoms with E-state index < -0.39 is 24.3 Å². The lowest BCUT2D eigenvalue weighted by Gasteiger charge is -2.26. The van der Waals surface area contributed by atoms with Gasteiger partial charge in [-0.25, -0.2) is 4.79 Å². The summed E-state index contributed by atoms with van der Waals surface area (Å²) in [5, 5.41) is 38.0. The molecule has 2 rings (SSSR count). The van der Waals surface area contributed by atoms with Crippen LogP contribution in [-0.2, 0) is 32.0 Å². The zero-order chi connectivity index (χ0) is 37.8. The number of aromatic nitrogens is 3. The molecule has 1 aromatic heterocycles. The van der Waals surface area contributed by atoms with Crippen LogP contribution in [0.4, 0.5) is 0 Å². The normalized spacial score (nSPS) is 23.3. The van der Waals surface area contributed by atoms with Crippen molar-refractivity contribution in [1.82, 2.24) is 15.0 Å². The van der Waals surface area contributed by atoms with E-state index in [9.17, 15) is 24.9 Å². The van der Waals surface area contributed by atoms with E-state index in [0.717, 1.165) is 41.7 Å². The van der Waals surface area contributed by atoms with Crippen LogP contribution in [0.5, 0.6) is 0 Å². The number of ether oxygens (including phenoxy) is 2. The van der Waals surface area contributed by atoms with Crippen molar-refractivity contribution in [3.8, 4) is 0 Å². The first-order valence-corrected chi connectivity index (χ1v) is 18.6. The van der Waals surface area contributed by atoms with Crippen LogP contribution in [0.2, 0.25) is 0 Å². The summed E-state index contributed by atoms with van der Waals surface area (Å²) in [6.07, 6.45) is 22.2. The third-order valence-electron chi connectivity index (χ3n) is 8.90.